The highest BCUT2D eigenvalue weighted by Gasteiger charge is 2.34. The van der Waals surface area contributed by atoms with Crippen LogP contribution >= 0.6 is 0 Å². The van der Waals surface area contributed by atoms with Gasteiger partial charge in [-0.1, -0.05) is 25.3 Å². The summed E-state index contributed by atoms with van der Waals surface area (Å²) >= 11 is 0. The van der Waals surface area contributed by atoms with Crippen molar-refractivity contribution in [1.29, 1.82) is 0 Å². The molecule has 0 atom stereocenters. The number of nitrogens with one attached hydrogen (secondary N) is 1. The van der Waals surface area contributed by atoms with Gasteiger partial charge in [0.25, 0.3) is 10.2 Å². The molecule has 1 aromatic rings. The number of aryl methyl sites for hydroxylation is 1. The summed E-state index contributed by atoms with van der Waals surface area (Å²) < 4.78 is 33.8. The molecular formula is C22H34N4O5S. The van der Waals surface area contributed by atoms with E-state index in [9.17, 15) is 18.0 Å². The Labute approximate surface area is 190 Å². The number of amides is 1. The smallest absolute Gasteiger partial charge is 0.337 e. The molecular weight excluding hydrogens is 432 g/mol. The third kappa shape index (κ3) is 5.86. The average molecular weight is 467 g/mol. The predicted molar refractivity (Wildman–Crippen MR) is 123 cm³/mol. The molecule has 1 saturated carbocycles. The molecule has 1 aliphatic heterocycles. The molecule has 1 aromatic carbocycles. The number of anilines is 1. The predicted octanol–water partition coefficient (Wildman–Crippen LogP) is 1.85. The van der Waals surface area contributed by atoms with Crippen LogP contribution in [-0.4, -0.2) is 86.7 Å². The van der Waals surface area contributed by atoms with Crippen LogP contribution in [-0.2, 0) is 19.7 Å². The second kappa shape index (κ2) is 10.7. The summed E-state index contributed by atoms with van der Waals surface area (Å²) in [6.07, 6.45) is 5.18. The van der Waals surface area contributed by atoms with Crippen molar-refractivity contribution in [2.75, 3.05) is 52.2 Å². The van der Waals surface area contributed by atoms with Gasteiger partial charge in [0.05, 0.1) is 19.2 Å². The minimum Gasteiger partial charge on any atom is -0.465 e. The first kappa shape index (κ1) is 24.6. The Hall–Kier alpha value is -2.01. The van der Waals surface area contributed by atoms with Crippen molar-refractivity contribution in [1.82, 2.24) is 13.5 Å². The van der Waals surface area contributed by atoms with E-state index in [1.54, 1.807) is 29.6 Å². The van der Waals surface area contributed by atoms with Crippen LogP contribution in [0.15, 0.2) is 18.2 Å². The SMILES string of the molecule is COC(=O)c1ccc(C)c(NC(=O)CN2CCN(S(=O)(=O)N(C)C3CCCCC3)CC2)c1. The largest absolute Gasteiger partial charge is 0.465 e. The molecule has 0 radical (unpaired) electrons. The normalized spacial score (nSPS) is 19.1. The fourth-order valence-electron chi connectivity index (χ4n) is 4.33. The number of rotatable bonds is 7. The van der Waals surface area contributed by atoms with E-state index in [2.05, 4.69) is 5.32 Å². The minimum atomic E-state index is -3.49. The fraction of sp³-hybridized carbons (Fsp3) is 0.636. The van der Waals surface area contributed by atoms with Crippen LogP contribution in [0.25, 0.3) is 0 Å². The highest BCUT2D eigenvalue weighted by molar-refractivity contribution is 7.86. The molecule has 1 aliphatic carbocycles. The van der Waals surface area contributed by atoms with Crippen LogP contribution in [0.3, 0.4) is 0 Å². The van der Waals surface area contributed by atoms with Gasteiger partial charge in [-0.2, -0.15) is 17.0 Å². The molecule has 32 heavy (non-hydrogen) atoms. The zero-order chi connectivity index (χ0) is 23.3. The first-order valence-corrected chi connectivity index (χ1v) is 12.6. The van der Waals surface area contributed by atoms with Crippen molar-refractivity contribution in [2.24, 2.45) is 0 Å². The first-order valence-electron chi connectivity index (χ1n) is 11.2. The van der Waals surface area contributed by atoms with Gasteiger partial charge in [0.1, 0.15) is 0 Å². The van der Waals surface area contributed by atoms with Crippen molar-refractivity contribution in [3.63, 3.8) is 0 Å². The van der Waals surface area contributed by atoms with Crippen molar-refractivity contribution in [2.45, 2.75) is 45.1 Å². The molecule has 1 amide bonds. The van der Waals surface area contributed by atoms with Crippen LogP contribution in [0.1, 0.15) is 48.0 Å². The van der Waals surface area contributed by atoms with E-state index in [0.29, 0.717) is 37.4 Å². The number of ether oxygens (including phenoxy) is 1. The molecule has 9 nitrogen and oxygen atoms in total. The van der Waals surface area contributed by atoms with E-state index in [-0.39, 0.29) is 18.5 Å². The Morgan fingerprint density at radius 1 is 1.12 bits per heavy atom. The summed E-state index contributed by atoms with van der Waals surface area (Å²) in [5.74, 6) is -0.665. The van der Waals surface area contributed by atoms with Gasteiger partial charge >= 0.3 is 5.97 Å². The van der Waals surface area contributed by atoms with Crippen molar-refractivity contribution >= 4 is 27.8 Å². The van der Waals surface area contributed by atoms with Gasteiger partial charge in [0.15, 0.2) is 0 Å². The van der Waals surface area contributed by atoms with Crippen molar-refractivity contribution < 1.29 is 22.7 Å². The van der Waals surface area contributed by atoms with Crippen LogP contribution in [0.5, 0.6) is 0 Å². The number of hydrogen-bond donors (Lipinski definition) is 1. The van der Waals surface area contributed by atoms with Gasteiger partial charge in [-0.25, -0.2) is 4.79 Å². The number of benzene rings is 1. The third-order valence-electron chi connectivity index (χ3n) is 6.41. The van der Waals surface area contributed by atoms with Crippen molar-refractivity contribution in [3.05, 3.63) is 29.3 Å². The molecule has 0 bridgehead atoms. The molecule has 1 saturated heterocycles. The zero-order valence-corrected chi connectivity index (χ0v) is 20.0. The van der Waals surface area contributed by atoms with E-state index in [4.69, 9.17) is 4.74 Å². The van der Waals surface area contributed by atoms with Gasteiger partial charge in [-0.15, -0.1) is 0 Å². The average Bonchev–Trinajstić information content (AvgIpc) is 2.80. The van der Waals surface area contributed by atoms with E-state index in [0.717, 1.165) is 31.2 Å². The number of hydrogen-bond acceptors (Lipinski definition) is 6. The Balaban J connectivity index is 1.52. The summed E-state index contributed by atoms with van der Waals surface area (Å²) in [5, 5.41) is 2.85. The van der Waals surface area contributed by atoms with Crippen LogP contribution < -0.4 is 5.32 Å². The van der Waals surface area contributed by atoms with E-state index >= 15 is 0 Å². The number of carbonyl (C=O) groups excluding carboxylic acids is 2. The lowest BCUT2D eigenvalue weighted by molar-refractivity contribution is -0.117. The fourth-order valence-corrected chi connectivity index (χ4v) is 5.90. The lowest BCUT2D eigenvalue weighted by Crippen LogP contribution is -2.55. The monoisotopic (exact) mass is 466 g/mol. The molecule has 178 valence electrons. The van der Waals surface area contributed by atoms with Gasteiger partial charge in [0, 0.05) is 45.0 Å². The summed E-state index contributed by atoms with van der Waals surface area (Å²) in [6.45, 7) is 3.73. The quantitative estimate of drug-likeness (QED) is 0.616. The number of esters is 1. The highest BCUT2D eigenvalue weighted by atomic mass is 32.2. The number of methoxy groups -OCH3 is 1. The Morgan fingerprint density at radius 2 is 1.78 bits per heavy atom. The first-order chi connectivity index (χ1) is 15.2. The standard InChI is InChI=1S/C22H34N4O5S/c1-17-9-10-18(22(28)31-3)15-20(17)23-21(27)16-25-11-13-26(14-12-25)32(29,30)24(2)19-7-5-4-6-8-19/h9-10,15,19H,4-8,11-14,16H2,1-3H3,(H,23,27). The molecule has 3 rings (SSSR count). The molecule has 0 aromatic heterocycles. The summed E-state index contributed by atoms with van der Waals surface area (Å²) in [7, 11) is -0.484. The summed E-state index contributed by atoms with van der Waals surface area (Å²) in [5.41, 5.74) is 1.77. The Morgan fingerprint density at radius 3 is 2.41 bits per heavy atom. The zero-order valence-electron chi connectivity index (χ0n) is 19.2. The molecule has 2 fully saturated rings. The maximum Gasteiger partial charge on any atom is 0.337 e. The number of piperazine rings is 1. The number of carbonyl (C=O) groups is 2. The molecule has 1 heterocycles. The molecule has 10 heteroatoms. The molecule has 0 unspecified atom stereocenters. The lowest BCUT2D eigenvalue weighted by Gasteiger charge is -2.38. The Bertz CT molecular complexity index is 922. The van der Waals surface area contributed by atoms with E-state index < -0.39 is 16.2 Å². The second-order valence-electron chi connectivity index (χ2n) is 8.56. The Kier molecular flexibility index (Phi) is 8.26. The maximum absolute atomic E-state index is 13.0. The van der Waals surface area contributed by atoms with Crippen LogP contribution in [0, 0.1) is 6.92 Å². The van der Waals surface area contributed by atoms with E-state index in [1.807, 2.05) is 11.8 Å². The van der Waals surface area contributed by atoms with Gasteiger partial charge in [-0.05, 0) is 37.5 Å². The molecule has 0 spiro atoms. The highest BCUT2D eigenvalue weighted by Crippen LogP contribution is 2.25. The summed E-state index contributed by atoms with van der Waals surface area (Å²) in [6, 6.07) is 5.10. The minimum absolute atomic E-state index is 0.0848. The molecule has 2 aliphatic rings. The number of nitrogens with zero attached hydrogens (tertiary/aromatic N) is 3. The second-order valence-corrected chi connectivity index (χ2v) is 10.5. The molecule has 1 N–H and O–H groups in total. The van der Waals surface area contributed by atoms with Gasteiger partial charge < -0.3 is 10.1 Å². The lowest BCUT2D eigenvalue weighted by atomic mass is 9.96. The van der Waals surface area contributed by atoms with Crippen LogP contribution in [0.2, 0.25) is 0 Å². The topological polar surface area (TPSA) is 99.3 Å². The maximum atomic E-state index is 13.0. The summed E-state index contributed by atoms with van der Waals surface area (Å²) in [4.78, 5) is 26.3. The van der Waals surface area contributed by atoms with Crippen LogP contribution in [0.4, 0.5) is 5.69 Å². The van der Waals surface area contributed by atoms with Crippen molar-refractivity contribution in [3.8, 4) is 0 Å². The van der Waals surface area contributed by atoms with Gasteiger partial charge in [0.2, 0.25) is 5.91 Å². The van der Waals surface area contributed by atoms with E-state index in [1.165, 1.54) is 17.8 Å². The third-order valence-corrected chi connectivity index (χ3v) is 8.45. The van der Waals surface area contributed by atoms with Gasteiger partial charge in [-0.3, -0.25) is 9.69 Å².